The lowest BCUT2D eigenvalue weighted by molar-refractivity contribution is -0.0504. The quantitative estimate of drug-likeness (QED) is 0.344. The van der Waals surface area contributed by atoms with Gasteiger partial charge in [0.05, 0.1) is 0 Å². The minimum Gasteiger partial charge on any atom is -0.434 e. The first-order chi connectivity index (χ1) is 12.5. The van der Waals surface area contributed by atoms with E-state index in [4.69, 9.17) is 0 Å². The molecule has 1 heterocycles. The standard InChI is InChI=1S/C19H30F2N4O.HI/c1-14-4-5-17(26-18(20)21)16(12-14)13-24-19(22-2)23-9-6-15-7-10-25(3)11-8-15;/h4-5,12,15,18H,6-11,13H2,1-3H3,(H2,22,23,24);1H. The number of nitrogens with zero attached hydrogens (tertiary/aromatic N) is 2. The molecule has 1 aromatic rings. The monoisotopic (exact) mass is 496 g/mol. The number of alkyl halides is 2. The van der Waals surface area contributed by atoms with E-state index in [0.717, 1.165) is 37.5 Å². The summed E-state index contributed by atoms with van der Waals surface area (Å²) in [5, 5.41) is 6.49. The van der Waals surface area contributed by atoms with Crippen molar-refractivity contribution in [3.8, 4) is 5.75 Å². The van der Waals surface area contributed by atoms with Crippen molar-refractivity contribution in [1.82, 2.24) is 15.5 Å². The maximum atomic E-state index is 12.6. The third-order valence-corrected chi connectivity index (χ3v) is 4.79. The first kappa shape index (κ1) is 23.9. The maximum absolute atomic E-state index is 12.6. The molecule has 1 aliphatic rings. The zero-order valence-corrected chi connectivity index (χ0v) is 18.6. The molecular formula is C19H31F2IN4O. The number of piperidine rings is 1. The van der Waals surface area contributed by atoms with Gasteiger partial charge < -0.3 is 20.3 Å². The van der Waals surface area contributed by atoms with Crippen molar-refractivity contribution in [2.45, 2.75) is 39.3 Å². The Labute approximate surface area is 178 Å². The summed E-state index contributed by atoms with van der Waals surface area (Å²) in [6.07, 6.45) is 3.59. The number of ether oxygens (including phenoxy) is 1. The first-order valence-electron chi connectivity index (χ1n) is 9.15. The summed E-state index contributed by atoms with van der Waals surface area (Å²) >= 11 is 0. The summed E-state index contributed by atoms with van der Waals surface area (Å²) in [6.45, 7) is 2.64. The predicted octanol–water partition coefficient (Wildman–Crippen LogP) is 3.61. The number of aryl methyl sites for hydroxylation is 1. The van der Waals surface area contributed by atoms with Crippen LogP contribution in [0.5, 0.6) is 5.75 Å². The van der Waals surface area contributed by atoms with Crippen LogP contribution in [-0.2, 0) is 6.54 Å². The van der Waals surface area contributed by atoms with Crippen molar-refractivity contribution < 1.29 is 13.5 Å². The zero-order chi connectivity index (χ0) is 18.9. The average molecular weight is 496 g/mol. The van der Waals surface area contributed by atoms with E-state index in [1.165, 1.54) is 12.8 Å². The number of guanidine groups is 1. The van der Waals surface area contributed by atoms with Crippen LogP contribution in [0.1, 0.15) is 30.4 Å². The summed E-state index contributed by atoms with van der Waals surface area (Å²) in [5.74, 6) is 1.61. The number of aliphatic imine (C=N–C) groups is 1. The Morgan fingerprint density at radius 2 is 2.00 bits per heavy atom. The molecule has 1 saturated heterocycles. The van der Waals surface area contributed by atoms with Gasteiger partial charge >= 0.3 is 6.61 Å². The average Bonchev–Trinajstić information content (AvgIpc) is 2.61. The number of halogens is 3. The Balaban J connectivity index is 0.00000364. The maximum Gasteiger partial charge on any atom is 0.387 e. The Hall–Kier alpha value is -1.16. The Morgan fingerprint density at radius 3 is 2.63 bits per heavy atom. The minimum absolute atomic E-state index is 0. The molecule has 5 nitrogen and oxygen atoms in total. The normalized spacial score (nSPS) is 16.1. The molecule has 154 valence electrons. The minimum atomic E-state index is -2.83. The molecular weight excluding hydrogens is 465 g/mol. The molecule has 0 bridgehead atoms. The van der Waals surface area contributed by atoms with Gasteiger partial charge in [-0.3, -0.25) is 4.99 Å². The molecule has 0 spiro atoms. The number of hydrogen-bond acceptors (Lipinski definition) is 3. The lowest BCUT2D eigenvalue weighted by Crippen LogP contribution is -2.38. The number of nitrogens with one attached hydrogen (secondary N) is 2. The topological polar surface area (TPSA) is 48.9 Å². The van der Waals surface area contributed by atoms with Crippen LogP contribution in [0.4, 0.5) is 8.78 Å². The van der Waals surface area contributed by atoms with Gasteiger partial charge in [-0.25, -0.2) is 0 Å². The van der Waals surface area contributed by atoms with Gasteiger partial charge in [0.2, 0.25) is 0 Å². The molecule has 0 aliphatic carbocycles. The van der Waals surface area contributed by atoms with E-state index in [0.29, 0.717) is 18.1 Å². The summed E-state index contributed by atoms with van der Waals surface area (Å²) in [5.41, 5.74) is 1.68. The fraction of sp³-hybridized carbons (Fsp3) is 0.632. The van der Waals surface area contributed by atoms with Crippen LogP contribution in [0.2, 0.25) is 0 Å². The van der Waals surface area contributed by atoms with Crippen LogP contribution < -0.4 is 15.4 Å². The highest BCUT2D eigenvalue weighted by Gasteiger charge is 2.16. The zero-order valence-electron chi connectivity index (χ0n) is 16.3. The lowest BCUT2D eigenvalue weighted by Gasteiger charge is -2.29. The Kier molecular flexibility index (Phi) is 10.9. The highest BCUT2D eigenvalue weighted by molar-refractivity contribution is 14.0. The van der Waals surface area contributed by atoms with Gasteiger partial charge in [-0.1, -0.05) is 17.7 Å². The van der Waals surface area contributed by atoms with E-state index in [1.807, 2.05) is 13.0 Å². The molecule has 0 unspecified atom stereocenters. The van der Waals surface area contributed by atoms with Gasteiger partial charge in [0.15, 0.2) is 5.96 Å². The summed E-state index contributed by atoms with van der Waals surface area (Å²) in [7, 11) is 3.87. The fourth-order valence-corrected chi connectivity index (χ4v) is 3.20. The Bertz CT molecular complexity index is 593. The van der Waals surface area contributed by atoms with Crippen molar-refractivity contribution in [3.05, 3.63) is 29.3 Å². The first-order valence-corrected chi connectivity index (χ1v) is 9.15. The molecule has 1 aliphatic heterocycles. The van der Waals surface area contributed by atoms with Crippen molar-refractivity contribution in [3.63, 3.8) is 0 Å². The molecule has 8 heteroatoms. The third kappa shape index (κ3) is 8.59. The SMILES string of the molecule is CN=C(NCCC1CCN(C)CC1)NCc1cc(C)ccc1OC(F)F.I. The van der Waals surface area contributed by atoms with Crippen molar-refractivity contribution in [1.29, 1.82) is 0 Å². The highest BCUT2D eigenvalue weighted by Crippen LogP contribution is 2.22. The number of hydrogen-bond donors (Lipinski definition) is 2. The van der Waals surface area contributed by atoms with Crippen molar-refractivity contribution in [2.24, 2.45) is 10.9 Å². The molecule has 0 saturated carbocycles. The molecule has 27 heavy (non-hydrogen) atoms. The molecule has 2 rings (SSSR count). The van der Waals surface area contributed by atoms with Gasteiger partial charge in [0.1, 0.15) is 5.75 Å². The van der Waals surface area contributed by atoms with Crippen LogP contribution in [0, 0.1) is 12.8 Å². The lowest BCUT2D eigenvalue weighted by atomic mass is 9.94. The largest absolute Gasteiger partial charge is 0.434 e. The van der Waals surface area contributed by atoms with Gasteiger partial charge in [0, 0.05) is 25.7 Å². The second kappa shape index (κ2) is 12.3. The third-order valence-electron chi connectivity index (χ3n) is 4.79. The van der Waals surface area contributed by atoms with E-state index < -0.39 is 6.61 Å². The molecule has 0 amide bonds. The summed E-state index contributed by atoms with van der Waals surface area (Å²) < 4.78 is 29.7. The van der Waals surface area contributed by atoms with Gasteiger partial charge in [-0.05, 0) is 58.3 Å². The van der Waals surface area contributed by atoms with Crippen LogP contribution >= 0.6 is 24.0 Å². The van der Waals surface area contributed by atoms with E-state index in [1.54, 1.807) is 19.2 Å². The molecule has 0 atom stereocenters. The summed E-state index contributed by atoms with van der Waals surface area (Å²) in [4.78, 5) is 6.57. The van der Waals surface area contributed by atoms with E-state index >= 15 is 0 Å². The van der Waals surface area contributed by atoms with Crippen molar-refractivity contribution in [2.75, 3.05) is 33.7 Å². The molecule has 2 N–H and O–H groups in total. The van der Waals surface area contributed by atoms with Crippen LogP contribution in [-0.4, -0.2) is 51.2 Å². The summed E-state index contributed by atoms with van der Waals surface area (Å²) in [6, 6.07) is 5.18. The van der Waals surface area contributed by atoms with Crippen LogP contribution in [0.25, 0.3) is 0 Å². The second-order valence-corrected chi connectivity index (χ2v) is 6.88. The smallest absolute Gasteiger partial charge is 0.387 e. The van der Waals surface area contributed by atoms with E-state index in [-0.39, 0.29) is 29.7 Å². The highest BCUT2D eigenvalue weighted by atomic mass is 127. The van der Waals surface area contributed by atoms with Gasteiger partial charge in [-0.15, -0.1) is 24.0 Å². The predicted molar refractivity (Wildman–Crippen MR) is 116 cm³/mol. The van der Waals surface area contributed by atoms with Crippen LogP contribution in [0.3, 0.4) is 0 Å². The molecule has 0 aromatic heterocycles. The van der Waals surface area contributed by atoms with Gasteiger partial charge in [0.25, 0.3) is 0 Å². The van der Waals surface area contributed by atoms with Crippen molar-refractivity contribution >= 4 is 29.9 Å². The van der Waals surface area contributed by atoms with E-state index in [9.17, 15) is 8.78 Å². The fourth-order valence-electron chi connectivity index (χ4n) is 3.20. The molecule has 1 fully saturated rings. The molecule has 0 radical (unpaired) electrons. The van der Waals surface area contributed by atoms with Gasteiger partial charge in [-0.2, -0.15) is 8.78 Å². The second-order valence-electron chi connectivity index (χ2n) is 6.88. The number of likely N-dealkylation sites (tertiary alicyclic amines) is 1. The molecule has 1 aromatic carbocycles. The van der Waals surface area contributed by atoms with Crippen LogP contribution in [0.15, 0.2) is 23.2 Å². The van der Waals surface area contributed by atoms with E-state index in [2.05, 4.69) is 32.3 Å². The number of rotatable bonds is 7. The Morgan fingerprint density at radius 1 is 1.30 bits per heavy atom. The number of benzene rings is 1.